The fraction of sp³-hybridized carbons (Fsp3) is 0.889. The van der Waals surface area contributed by atoms with Crippen LogP contribution in [0.1, 0.15) is 6.92 Å². The predicted octanol–water partition coefficient (Wildman–Crippen LogP) is 0.248. The van der Waals surface area contributed by atoms with E-state index in [1.54, 1.807) is 0 Å². The third kappa shape index (κ3) is 3.15. The van der Waals surface area contributed by atoms with Crippen molar-refractivity contribution in [2.45, 2.75) is 13.0 Å². The zero-order valence-electron chi connectivity index (χ0n) is 8.58. The van der Waals surface area contributed by atoms with Crippen molar-refractivity contribution < 1.29 is 4.39 Å². The van der Waals surface area contributed by atoms with E-state index in [2.05, 4.69) is 9.80 Å². The van der Waals surface area contributed by atoms with Crippen LogP contribution in [0, 0.1) is 0 Å². The molecule has 0 spiro atoms. The van der Waals surface area contributed by atoms with Gasteiger partial charge in [0.05, 0.1) is 11.0 Å². The van der Waals surface area contributed by atoms with Crippen LogP contribution in [-0.2, 0) is 0 Å². The van der Waals surface area contributed by atoms with Crippen LogP contribution in [0.3, 0.4) is 0 Å². The Labute approximate surface area is 90.0 Å². The molecule has 1 aliphatic rings. The topological polar surface area (TPSA) is 32.5 Å². The molecule has 1 saturated heterocycles. The molecule has 1 rings (SSSR count). The Morgan fingerprint density at radius 1 is 1.43 bits per heavy atom. The van der Waals surface area contributed by atoms with Gasteiger partial charge in [0.1, 0.15) is 6.67 Å². The molecule has 2 N–H and O–H groups in total. The first-order valence-electron chi connectivity index (χ1n) is 4.97. The third-order valence-electron chi connectivity index (χ3n) is 2.77. The molecule has 0 amide bonds. The minimum absolute atomic E-state index is 0.164. The van der Waals surface area contributed by atoms with E-state index in [4.69, 9.17) is 18.0 Å². The van der Waals surface area contributed by atoms with Gasteiger partial charge in [-0.05, 0) is 6.92 Å². The van der Waals surface area contributed by atoms with Crippen molar-refractivity contribution >= 4 is 17.2 Å². The quantitative estimate of drug-likeness (QED) is 0.687. The molecular formula is C9H18FN3S. The van der Waals surface area contributed by atoms with Gasteiger partial charge in [0, 0.05) is 32.7 Å². The molecule has 14 heavy (non-hydrogen) atoms. The summed E-state index contributed by atoms with van der Waals surface area (Å²) in [4.78, 5) is 4.92. The summed E-state index contributed by atoms with van der Waals surface area (Å²) in [5.41, 5.74) is 5.58. The normalized spacial score (nSPS) is 22.1. The smallest absolute Gasteiger partial charge is 0.102 e. The first kappa shape index (κ1) is 11.8. The molecule has 0 aliphatic carbocycles. The summed E-state index contributed by atoms with van der Waals surface area (Å²) in [7, 11) is 0. The minimum atomic E-state index is -0.259. The highest BCUT2D eigenvalue weighted by Crippen LogP contribution is 2.06. The first-order valence-corrected chi connectivity index (χ1v) is 5.37. The van der Waals surface area contributed by atoms with Gasteiger partial charge in [-0.1, -0.05) is 12.2 Å². The molecular weight excluding hydrogens is 201 g/mol. The number of rotatable bonds is 4. The van der Waals surface area contributed by atoms with Crippen LogP contribution in [0.2, 0.25) is 0 Å². The van der Waals surface area contributed by atoms with E-state index in [1.807, 2.05) is 6.92 Å². The van der Waals surface area contributed by atoms with Crippen molar-refractivity contribution in [3.63, 3.8) is 0 Å². The van der Waals surface area contributed by atoms with E-state index < -0.39 is 0 Å². The SMILES string of the molecule is CC(C(N)=S)N1CCN(CCF)CC1. The molecule has 0 saturated carbocycles. The van der Waals surface area contributed by atoms with Crippen LogP contribution >= 0.6 is 12.2 Å². The summed E-state index contributed by atoms with van der Waals surface area (Å²) >= 11 is 4.94. The second-order valence-electron chi connectivity index (χ2n) is 3.64. The lowest BCUT2D eigenvalue weighted by atomic mass is 10.2. The van der Waals surface area contributed by atoms with Gasteiger partial charge in [-0.15, -0.1) is 0 Å². The highest BCUT2D eigenvalue weighted by molar-refractivity contribution is 7.80. The van der Waals surface area contributed by atoms with E-state index in [1.165, 1.54) is 0 Å². The van der Waals surface area contributed by atoms with Crippen LogP contribution in [0.25, 0.3) is 0 Å². The van der Waals surface area contributed by atoms with Gasteiger partial charge in [0.25, 0.3) is 0 Å². The molecule has 0 radical (unpaired) electrons. The van der Waals surface area contributed by atoms with Crippen LogP contribution < -0.4 is 5.73 Å². The molecule has 0 aromatic heterocycles. The average Bonchev–Trinajstić information content (AvgIpc) is 2.18. The summed E-state index contributed by atoms with van der Waals surface area (Å²) in [6, 6.07) is 0.164. The summed E-state index contributed by atoms with van der Waals surface area (Å²) in [5.74, 6) is 0. The van der Waals surface area contributed by atoms with E-state index in [9.17, 15) is 4.39 Å². The molecule has 82 valence electrons. The second-order valence-corrected chi connectivity index (χ2v) is 4.12. The molecule has 0 aromatic rings. The van der Waals surface area contributed by atoms with Gasteiger partial charge in [-0.2, -0.15) is 0 Å². The van der Waals surface area contributed by atoms with Crippen molar-refractivity contribution in [3.05, 3.63) is 0 Å². The lowest BCUT2D eigenvalue weighted by molar-refractivity contribution is 0.117. The molecule has 3 nitrogen and oxygen atoms in total. The summed E-state index contributed by atoms with van der Waals surface area (Å²) in [6.45, 7) is 6.00. The van der Waals surface area contributed by atoms with Crippen LogP contribution in [0.15, 0.2) is 0 Å². The second kappa shape index (κ2) is 5.58. The monoisotopic (exact) mass is 219 g/mol. The first-order chi connectivity index (χ1) is 6.65. The Morgan fingerprint density at radius 3 is 2.43 bits per heavy atom. The maximum atomic E-state index is 12.1. The number of alkyl halides is 1. The molecule has 5 heteroatoms. The minimum Gasteiger partial charge on any atom is -0.392 e. The Hall–Kier alpha value is -0.260. The molecule has 1 fully saturated rings. The maximum Gasteiger partial charge on any atom is 0.102 e. The van der Waals surface area contributed by atoms with Crippen LogP contribution in [0.5, 0.6) is 0 Å². The number of halogens is 1. The van der Waals surface area contributed by atoms with Gasteiger partial charge in [0.2, 0.25) is 0 Å². The lowest BCUT2D eigenvalue weighted by Gasteiger charge is -2.37. The summed E-state index contributed by atoms with van der Waals surface area (Å²) in [5, 5.41) is 0. The van der Waals surface area contributed by atoms with Gasteiger partial charge in [0.15, 0.2) is 0 Å². The van der Waals surface area contributed by atoms with Crippen molar-refractivity contribution in [1.82, 2.24) is 9.80 Å². The van der Waals surface area contributed by atoms with E-state index in [-0.39, 0.29) is 12.7 Å². The molecule has 0 bridgehead atoms. The van der Waals surface area contributed by atoms with E-state index in [0.29, 0.717) is 11.5 Å². The third-order valence-corrected chi connectivity index (χ3v) is 3.11. The molecule has 1 unspecified atom stereocenters. The molecule has 0 aromatic carbocycles. The van der Waals surface area contributed by atoms with E-state index in [0.717, 1.165) is 26.2 Å². The summed E-state index contributed by atoms with van der Waals surface area (Å²) < 4.78 is 12.1. The van der Waals surface area contributed by atoms with Crippen molar-refractivity contribution in [1.29, 1.82) is 0 Å². The van der Waals surface area contributed by atoms with Gasteiger partial charge in [-0.3, -0.25) is 9.80 Å². The fourth-order valence-electron chi connectivity index (χ4n) is 1.67. The number of piperazine rings is 1. The Kier molecular flexibility index (Phi) is 4.71. The largest absolute Gasteiger partial charge is 0.392 e. The number of hydrogen-bond donors (Lipinski definition) is 1. The summed E-state index contributed by atoms with van der Waals surface area (Å²) in [6.07, 6.45) is 0. The Morgan fingerprint density at radius 2 is 2.00 bits per heavy atom. The standard InChI is InChI=1S/C9H18FN3S/c1-8(9(11)14)13-6-4-12(3-2-10)5-7-13/h8H,2-7H2,1H3,(H2,11,14). The number of hydrogen-bond acceptors (Lipinski definition) is 3. The Bertz CT molecular complexity index is 192. The highest BCUT2D eigenvalue weighted by atomic mass is 32.1. The fourth-order valence-corrected chi connectivity index (χ4v) is 1.82. The maximum absolute atomic E-state index is 12.1. The van der Waals surface area contributed by atoms with Crippen LogP contribution in [0.4, 0.5) is 4.39 Å². The van der Waals surface area contributed by atoms with Gasteiger partial charge < -0.3 is 5.73 Å². The molecule has 1 aliphatic heterocycles. The zero-order valence-corrected chi connectivity index (χ0v) is 9.39. The zero-order chi connectivity index (χ0) is 10.6. The van der Waals surface area contributed by atoms with E-state index >= 15 is 0 Å². The average molecular weight is 219 g/mol. The number of nitrogens with zero attached hydrogens (tertiary/aromatic N) is 2. The lowest BCUT2D eigenvalue weighted by Crippen LogP contribution is -2.52. The number of nitrogens with two attached hydrogens (primary N) is 1. The van der Waals surface area contributed by atoms with Crippen molar-refractivity contribution in [2.75, 3.05) is 39.4 Å². The predicted molar refractivity (Wildman–Crippen MR) is 60.2 cm³/mol. The molecule has 1 atom stereocenters. The number of thiocarbonyl (C=S) groups is 1. The van der Waals surface area contributed by atoms with Crippen molar-refractivity contribution in [3.8, 4) is 0 Å². The molecule has 1 heterocycles. The Balaban J connectivity index is 2.31. The highest BCUT2D eigenvalue weighted by Gasteiger charge is 2.21. The van der Waals surface area contributed by atoms with Gasteiger partial charge in [-0.25, -0.2) is 4.39 Å². The van der Waals surface area contributed by atoms with Crippen molar-refractivity contribution in [2.24, 2.45) is 5.73 Å². The van der Waals surface area contributed by atoms with Gasteiger partial charge >= 0.3 is 0 Å². The van der Waals surface area contributed by atoms with Crippen LogP contribution in [-0.4, -0.2) is 60.2 Å².